The second-order valence-electron chi connectivity index (χ2n) is 5.54. The van der Waals surface area contributed by atoms with E-state index in [0.717, 1.165) is 12.5 Å². The molecule has 2 rings (SSSR count). The second kappa shape index (κ2) is 6.08. The highest BCUT2D eigenvalue weighted by Gasteiger charge is 2.12. The summed E-state index contributed by atoms with van der Waals surface area (Å²) in [6.07, 6.45) is 12.5. The SMILES string of the molecule is CC(C)n1cc(NCC2CCCCCC2)cn1. The molecule has 17 heavy (non-hydrogen) atoms. The molecule has 0 amide bonds. The Morgan fingerprint density at radius 3 is 2.59 bits per heavy atom. The summed E-state index contributed by atoms with van der Waals surface area (Å²) in [4.78, 5) is 0. The molecule has 3 nitrogen and oxygen atoms in total. The van der Waals surface area contributed by atoms with Gasteiger partial charge in [-0.2, -0.15) is 5.10 Å². The topological polar surface area (TPSA) is 29.9 Å². The monoisotopic (exact) mass is 235 g/mol. The van der Waals surface area contributed by atoms with Gasteiger partial charge in [0.05, 0.1) is 11.9 Å². The first-order valence-electron chi connectivity index (χ1n) is 7.03. The molecule has 1 aromatic rings. The van der Waals surface area contributed by atoms with Crippen LogP contribution in [0.3, 0.4) is 0 Å². The van der Waals surface area contributed by atoms with Gasteiger partial charge in [-0.05, 0) is 32.6 Å². The number of nitrogens with zero attached hydrogens (tertiary/aromatic N) is 2. The number of nitrogens with one attached hydrogen (secondary N) is 1. The Kier molecular flexibility index (Phi) is 4.46. The maximum Gasteiger partial charge on any atom is 0.0726 e. The molecule has 0 aromatic carbocycles. The number of rotatable bonds is 4. The standard InChI is InChI=1S/C14H25N3/c1-12(2)17-11-14(10-16-17)15-9-13-7-5-3-4-6-8-13/h10-13,15H,3-9H2,1-2H3. The molecule has 1 aliphatic carbocycles. The number of hydrogen-bond acceptors (Lipinski definition) is 2. The van der Waals surface area contributed by atoms with E-state index in [2.05, 4.69) is 30.5 Å². The third-order valence-corrected chi connectivity index (χ3v) is 3.70. The van der Waals surface area contributed by atoms with Crippen molar-refractivity contribution >= 4 is 5.69 Å². The zero-order chi connectivity index (χ0) is 12.1. The highest BCUT2D eigenvalue weighted by molar-refractivity contribution is 5.38. The zero-order valence-corrected chi connectivity index (χ0v) is 11.2. The van der Waals surface area contributed by atoms with Crippen LogP contribution in [-0.4, -0.2) is 16.3 Å². The van der Waals surface area contributed by atoms with Crippen LogP contribution in [0.2, 0.25) is 0 Å². The second-order valence-corrected chi connectivity index (χ2v) is 5.54. The minimum Gasteiger partial charge on any atom is -0.382 e. The van der Waals surface area contributed by atoms with Gasteiger partial charge in [-0.15, -0.1) is 0 Å². The third kappa shape index (κ3) is 3.76. The molecule has 0 aliphatic heterocycles. The first kappa shape index (κ1) is 12.5. The summed E-state index contributed by atoms with van der Waals surface area (Å²) in [5.74, 6) is 0.861. The van der Waals surface area contributed by atoms with Gasteiger partial charge in [0.2, 0.25) is 0 Å². The van der Waals surface area contributed by atoms with Crippen molar-refractivity contribution in [3.8, 4) is 0 Å². The molecule has 3 heteroatoms. The van der Waals surface area contributed by atoms with E-state index in [4.69, 9.17) is 0 Å². The van der Waals surface area contributed by atoms with Gasteiger partial charge in [0.25, 0.3) is 0 Å². The highest BCUT2D eigenvalue weighted by Crippen LogP contribution is 2.23. The van der Waals surface area contributed by atoms with Gasteiger partial charge in [0, 0.05) is 18.8 Å². The van der Waals surface area contributed by atoms with Crippen LogP contribution in [0.25, 0.3) is 0 Å². The Balaban J connectivity index is 1.79. The average Bonchev–Trinajstić information content (AvgIpc) is 2.63. The Hall–Kier alpha value is -0.990. The molecule has 0 radical (unpaired) electrons. The van der Waals surface area contributed by atoms with Gasteiger partial charge in [-0.3, -0.25) is 4.68 Å². The summed E-state index contributed by atoms with van der Waals surface area (Å²) >= 11 is 0. The van der Waals surface area contributed by atoms with Crippen LogP contribution in [0.4, 0.5) is 5.69 Å². The van der Waals surface area contributed by atoms with Crippen LogP contribution in [0.5, 0.6) is 0 Å². The predicted molar refractivity (Wildman–Crippen MR) is 72.3 cm³/mol. The minimum atomic E-state index is 0.448. The molecule has 0 bridgehead atoms. The number of aromatic nitrogens is 2. The number of anilines is 1. The maximum atomic E-state index is 4.35. The van der Waals surface area contributed by atoms with E-state index in [9.17, 15) is 0 Å². The quantitative estimate of drug-likeness (QED) is 0.803. The Morgan fingerprint density at radius 1 is 1.29 bits per heavy atom. The van der Waals surface area contributed by atoms with Gasteiger partial charge in [-0.1, -0.05) is 25.7 Å². The minimum absolute atomic E-state index is 0.448. The molecule has 1 heterocycles. The van der Waals surface area contributed by atoms with Crippen LogP contribution >= 0.6 is 0 Å². The van der Waals surface area contributed by atoms with E-state index in [1.54, 1.807) is 0 Å². The van der Waals surface area contributed by atoms with Gasteiger partial charge < -0.3 is 5.32 Å². The molecule has 1 saturated carbocycles. The number of hydrogen-bond donors (Lipinski definition) is 1. The summed E-state index contributed by atoms with van der Waals surface area (Å²) in [6.45, 7) is 5.42. The Morgan fingerprint density at radius 2 is 2.00 bits per heavy atom. The molecule has 1 aliphatic rings. The van der Waals surface area contributed by atoms with Crippen molar-refractivity contribution in [2.45, 2.75) is 58.4 Å². The first-order valence-corrected chi connectivity index (χ1v) is 7.03. The highest BCUT2D eigenvalue weighted by atomic mass is 15.3. The van der Waals surface area contributed by atoms with E-state index in [1.165, 1.54) is 44.2 Å². The fraction of sp³-hybridized carbons (Fsp3) is 0.786. The Labute approximate surface area is 105 Å². The smallest absolute Gasteiger partial charge is 0.0726 e. The fourth-order valence-electron chi connectivity index (χ4n) is 2.54. The van der Waals surface area contributed by atoms with Crippen molar-refractivity contribution in [2.24, 2.45) is 5.92 Å². The summed E-state index contributed by atoms with van der Waals surface area (Å²) in [5, 5.41) is 7.89. The normalized spacial score (nSPS) is 18.3. The summed E-state index contributed by atoms with van der Waals surface area (Å²) in [6, 6.07) is 0.448. The van der Waals surface area contributed by atoms with Gasteiger partial charge >= 0.3 is 0 Å². The van der Waals surface area contributed by atoms with Crippen LogP contribution < -0.4 is 5.32 Å². The lowest BCUT2D eigenvalue weighted by molar-refractivity contribution is 0.483. The van der Waals surface area contributed by atoms with Crippen LogP contribution in [-0.2, 0) is 0 Å². The van der Waals surface area contributed by atoms with Crippen LogP contribution in [0.15, 0.2) is 12.4 Å². The van der Waals surface area contributed by atoms with Crippen molar-refractivity contribution in [2.75, 3.05) is 11.9 Å². The average molecular weight is 235 g/mol. The zero-order valence-electron chi connectivity index (χ0n) is 11.2. The molecule has 1 N–H and O–H groups in total. The van der Waals surface area contributed by atoms with E-state index in [0.29, 0.717) is 6.04 Å². The molecule has 0 saturated heterocycles. The van der Waals surface area contributed by atoms with Gasteiger partial charge in [0.1, 0.15) is 0 Å². The summed E-state index contributed by atoms with van der Waals surface area (Å²) < 4.78 is 2.01. The van der Waals surface area contributed by atoms with E-state index in [1.807, 2.05) is 10.9 Å². The largest absolute Gasteiger partial charge is 0.382 e. The van der Waals surface area contributed by atoms with E-state index in [-0.39, 0.29) is 0 Å². The lowest BCUT2D eigenvalue weighted by atomic mass is 10.0. The molecule has 1 aromatic heterocycles. The lowest BCUT2D eigenvalue weighted by Gasteiger charge is -2.14. The Bertz CT molecular complexity index is 322. The molecular weight excluding hydrogens is 210 g/mol. The summed E-state index contributed by atoms with van der Waals surface area (Å²) in [7, 11) is 0. The van der Waals surface area contributed by atoms with Crippen molar-refractivity contribution in [1.82, 2.24) is 9.78 Å². The molecule has 0 spiro atoms. The van der Waals surface area contributed by atoms with Crippen LogP contribution in [0, 0.1) is 5.92 Å². The van der Waals surface area contributed by atoms with Gasteiger partial charge in [0.15, 0.2) is 0 Å². The lowest BCUT2D eigenvalue weighted by Crippen LogP contribution is -2.13. The van der Waals surface area contributed by atoms with Crippen molar-refractivity contribution in [1.29, 1.82) is 0 Å². The first-order chi connectivity index (χ1) is 8.25. The van der Waals surface area contributed by atoms with Crippen molar-refractivity contribution < 1.29 is 0 Å². The fourth-order valence-corrected chi connectivity index (χ4v) is 2.54. The molecule has 0 unspecified atom stereocenters. The summed E-state index contributed by atoms with van der Waals surface area (Å²) in [5.41, 5.74) is 1.17. The van der Waals surface area contributed by atoms with Crippen molar-refractivity contribution in [3.05, 3.63) is 12.4 Å². The molecule has 0 atom stereocenters. The molecular formula is C14H25N3. The third-order valence-electron chi connectivity index (χ3n) is 3.70. The van der Waals surface area contributed by atoms with E-state index >= 15 is 0 Å². The maximum absolute atomic E-state index is 4.35. The van der Waals surface area contributed by atoms with Crippen LogP contribution in [0.1, 0.15) is 58.4 Å². The van der Waals surface area contributed by atoms with Gasteiger partial charge in [-0.25, -0.2) is 0 Å². The van der Waals surface area contributed by atoms with Crippen molar-refractivity contribution in [3.63, 3.8) is 0 Å². The molecule has 1 fully saturated rings. The predicted octanol–water partition coefficient (Wildman–Crippen LogP) is 3.85. The molecule has 96 valence electrons. The van der Waals surface area contributed by atoms with E-state index < -0.39 is 0 Å².